The number of nitrogen functional groups attached to an aromatic ring is 1. The molecule has 0 fully saturated rings. The fourth-order valence-corrected chi connectivity index (χ4v) is 2.34. The van der Waals surface area contributed by atoms with E-state index in [1.807, 2.05) is 33.8 Å². The monoisotopic (exact) mass is 355 g/mol. The average Bonchev–Trinajstić information content (AvgIpc) is 2.88. The van der Waals surface area contributed by atoms with Gasteiger partial charge in [-0.2, -0.15) is 4.98 Å². The van der Waals surface area contributed by atoms with Gasteiger partial charge < -0.3 is 15.2 Å². The molecular weight excluding hydrogens is 334 g/mol. The highest BCUT2D eigenvalue weighted by molar-refractivity contribution is 5.86. The summed E-state index contributed by atoms with van der Waals surface area (Å²) < 4.78 is 12.8. The largest absolute Gasteiger partial charge is 0.455 e. The molecule has 2 aromatic heterocycles. The van der Waals surface area contributed by atoms with Gasteiger partial charge in [-0.25, -0.2) is 9.31 Å². The number of aromatic nitrogens is 3. The molecule has 0 saturated heterocycles. The van der Waals surface area contributed by atoms with E-state index in [-0.39, 0.29) is 5.95 Å². The molecule has 0 bridgehead atoms. The number of amides is 1. The number of benzene rings is 1. The third-order valence-electron chi connectivity index (χ3n) is 3.47. The van der Waals surface area contributed by atoms with E-state index in [4.69, 9.17) is 15.2 Å². The number of hydrogen-bond donors (Lipinski definition) is 2. The van der Waals surface area contributed by atoms with Crippen molar-refractivity contribution in [3.63, 3.8) is 0 Å². The first kappa shape index (κ1) is 17.5. The van der Waals surface area contributed by atoms with Gasteiger partial charge in [0.1, 0.15) is 17.1 Å². The predicted molar refractivity (Wildman–Crippen MR) is 98.5 cm³/mol. The Morgan fingerprint density at radius 1 is 1.23 bits per heavy atom. The maximum Gasteiger partial charge on any atom is 0.412 e. The van der Waals surface area contributed by atoms with Crippen LogP contribution in [0.1, 0.15) is 26.3 Å². The van der Waals surface area contributed by atoms with Crippen LogP contribution >= 0.6 is 0 Å². The quantitative estimate of drug-likeness (QED) is 0.741. The topological polar surface area (TPSA) is 104 Å². The zero-order chi connectivity index (χ0) is 18.9. The molecule has 8 heteroatoms. The molecule has 1 amide bonds. The first-order valence-electron chi connectivity index (χ1n) is 8.11. The van der Waals surface area contributed by atoms with Crippen LogP contribution in [0.25, 0.3) is 5.65 Å². The van der Waals surface area contributed by atoms with Gasteiger partial charge in [-0.3, -0.25) is 5.32 Å². The molecule has 3 aromatic rings. The molecule has 0 radical (unpaired) electrons. The lowest BCUT2D eigenvalue weighted by Gasteiger charge is -2.20. The average molecular weight is 355 g/mol. The number of nitrogens with zero attached hydrogens (tertiary/aromatic N) is 3. The van der Waals surface area contributed by atoms with Gasteiger partial charge in [0.25, 0.3) is 0 Å². The lowest BCUT2D eigenvalue weighted by Crippen LogP contribution is -2.27. The number of nitrogens with two attached hydrogens (primary N) is 1. The molecule has 0 aliphatic rings. The molecule has 136 valence electrons. The maximum absolute atomic E-state index is 12.0. The Labute approximate surface area is 150 Å². The van der Waals surface area contributed by atoms with Crippen molar-refractivity contribution < 1.29 is 14.3 Å². The Kier molecular flexibility index (Phi) is 4.41. The zero-order valence-corrected chi connectivity index (χ0v) is 15.1. The second-order valence-corrected chi connectivity index (χ2v) is 6.80. The molecule has 0 atom stereocenters. The van der Waals surface area contributed by atoms with Crippen molar-refractivity contribution >= 4 is 23.4 Å². The van der Waals surface area contributed by atoms with Crippen LogP contribution in [-0.2, 0) is 4.74 Å². The molecule has 0 aliphatic carbocycles. The van der Waals surface area contributed by atoms with Crippen LogP contribution in [0.15, 0.2) is 36.5 Å². The van der Waals surface area contributed by atoms with Crippen molar-refractivity contribution in [2.45, 2.75) is 33.3 Å². The van der Waals surface area contributed by atoms with Gasteiger partial charge in [-0.05, 0) is 52.0 Å². The van der Waals surface area contributed by atoms with Crippen LogP contribution in [0, 0.1) is 6.92 Å². The van der Waals surface area contributed by atoms with Gasteiger partial charge in [0.2, 0.25) is 5.95 Å². The molecule has 0 saturated carbocycles. The number of fused-ring (bicyclic) bond motifs is 1. The highest BCUT2D eigenvalue weighted by atomic mass is 16.6. The Bertz CT molecular complexity index is 959. The lowest BCUT2D eigenvalue weighted by atomic mass is 10.2. The number of nitrogens with one attached hydrogen (secondary N) is 1. The third-order valence-corrected chi connectivity index (χ3v) is 3.47. The summed E-state index contributed by atoms with van der Waals surface area (Å²) in [7, 11) is 0. The van der Waals surface area contributed by atoms with Gasteiger partial charge in [-0.1, -0.05) is 6.07 Å². The minimum absolute atomic E-state index is 0.196. The molecule has 1 aromatic carbocycles. The second-order valence-electron chi connectivity index (χ2n) is 6.80. The summed E-state index contributed by atoms with van der Waals surface area (Å²) in [5.74, 6) is 1.37. The van der Waals surface area contributed by atoms with E-state index < -0.39 is 11.7 Å². The number of pyridine rings is 1. The van der Waals surface area contributed by atoms with Gasteiger partial charge in [-0.15, -0.1) is 5.10 Å². The Hall–Kier alpha value is -3.29. The standard InChI is InChI=1S/C18H21N5O3/c1-11-13(20-17(24)26-18(2,3)4)6-5-7-14(11)25-12-8-9-15-21-16(19)22-23(15)10-12/h5-10H,1-4H3,(H2,19,22)(H,20,24). The Morgan fingerprint density at radius 2 is 2.00 bits per heavy atom. The number of hydrogen-bond acceptors (Lipinski definition) is 6. The molecule has 2 heterocycles. The molecule has 3 N–H and O–H groups in total. The summed E-state index contributed by atoms with van der Waals surface area (Å²) in [6.45, 7) is 7.29. The SMILES string of the molecule is Cc1c(NC(=O)OC(C)(C)C)cccc1Oc1ccc2nc(N)nn2c1. The summed E-state index contributed by atoms with van der Waals surface area (Å²) in [4.78, 5) is 16.1. The fourth-order valence-electron chi connectivity index (χ4n) is 2.34. The number of rotatable bonds is 3. The Balaban J connectivity index is 1.80. The van der Waals surface area contributed by atoms with Crippen LogP contribution < -0.4 is 15.8 Å². The normalized spacial score (nSPS) is 11.4. The van der Waals surface area contributed by atoms with Crippen molar-refractivity contribution in [2.75, 3.05) is 11.1 Å². The highest BCUT2D eigenvalue weighted by Crippen LogP contribution is 2.30. The highest BCUT2D eigenvalue weighted by Gasteiger charge is 2.17. The van der Waals surface area contributed by atoms with Crippen molar-refractivity contribution in [3.05, 3.63) is 42.1 Å². The molecule has 0 unspecified atom stereocenters. The number of ether oxygens (including phenoxy) is 2. The molecule has 0 aliphatic heterocycles. The van der Waals surface area contributed by atoms with Gasteiger partial charge in [0, 0.05) is 5.56 Å². The van der Waals surface area contributed by atoms with Gasteiger partial charge in [0.05, 0.1) is 11.9 Å². The van der Waals surface area contributed by atoms with E-state index in [0.717, 1.165) is 5.56 Å². The van der Waals surface area contributed by atoms with E-state index in [1.165, 1.54) is 0 Å². The fraction of sp³-hybridized carbons (Fsp3) is 0.278. The first-order valence-corrected chi connectivity index (χ1v) is 8.11. The summed E-state index contributed by atoms with van der Waals surface area (Å²) >= 11 is 0. The Morgan fingerprint density at radius 3 is 2.73 bits per heavy atom. The van der Waals surface area contributed by atoms with Crippen molar-refractivity contribution in [1.29, 1.82) is 0 Å². The minimum Gasteiger partial charge on any atom is -0.455 e. The molecule has 0 spiro atoms. The summed E-state index contributed by atoms with van der Waals surface area (Å²) in [6.07, 6.45) is 1.17. The predicted octanol–water partition coefficient (Wildman–Crippen LogP) is 3.76. The number of carbonyl (C=O) groups is 1. The summed E-state index contributed by atoms with van der Waals surface area (Å²) in [5, 5.41) is 6.80. The number of anilines is 2. The minimum atomic E-state index is -0.568. The second kappa shape index (κ2) is 6.55. The van der Waals surface area contributed by atoms with Crippen LogP contribution in [0.3, 0.4) is 0 Å². The van der Waals surface area contributed by atoms with E-state index in [2.05, 4.69) is 15.4 Å². The zero-order valence-electron chi connectivity index (χ0n) is 15.1. The van der Waals surface area contributed by atoms with Crippen molar-refractivity contribution in [3.8, 4) is 11.5 Å². The van der Waals surface area contributed by atoms with E-state index in [1.54, 1.807) is 35.0 Å². The molecule has 26 heavy (non-hydrogen) atoms. The smallest absolute Gasteiger partial charge is 0.412 e. The lowest BCUT2D eigenvalue weighted by molar-refractivity contribution is 0.0636. The molecule has 8 nitrogen and oxygen atoms in total. The first-order chi connectivity index (χ1) is 12.2. The van der Waals surface area contributed by atoms with Gasteiger partial charge >= 0.3 is 6.09 Å². The van der Waals surface area contributed by atoms with Crippen molar-refractivity contribution in [1.82, 2.24) is 14.6 Å². The van der Waals surface area contributed by atoms with E-state index in [9.17, 15) is 4.79 Å². The van der Waals surface area contributed by atoms with Crippen LogP contribution in [-0.4, -0.2) is 26.3 Å². The van der Waals surface area contributed by atoms with Crippen LogP contribution in [0.2, 0.25) is 0 Å². The third kappa shape index (κ3) is 4.02. The van der Waals surface area contributed by atoms with Crippen molar-refractivity contribution in [2.24, 2.45) is 0 Å². The van der Waals surface area contributed by atoms with Crippen LogP contribution in [0.5, 0.6) is 11.5 Å². The summed E-state index contributed by atoms with van der Waals surface area (Å²) in [6, 6.07) is 8.93. The maximum atomic E-state index is 12.0. The number of carbonyl (C=O) groups excluding carboxylic acids is 1. The van der Waals surface area contributed by atoms with Gasteiger partial charge in [0.15, 0.2) is 5.65 Å². The summed E-state index contributed by atoms with van der Waals surface area (Å²) in [5.41, 5.74) is 7.04. The van der Waals surface area contributed by atoms with E-state index >= 15 is 0 Å². The molecular formula is C18H21N5O3. The van der Waals surface area contributed by atoms with Crippen LogP contribution in [0.4, 0.5) is 16.4 Å². The van der Waals surface area contributed by atoms with E-state index in [0.29, 0.717) is 22.8 Å². The molecule has 3 rings (SSSR count).